The summed E-state index contributed by atoms with van der Waals surface area (Å²) < 4.78 is 36.7. The summed E-state index contributed by atoms with van der Waals surface area (Å²) in [4.78, 5) is 11.1. The van der Waals surface area contributed by atoms with E-state index < -0.39 is 0 Å². The minimum atomic E-state index is -0.241. The minimum absolute atomic E-state index is 0.241. The molecule has 0 aromatic heterocycles. The van der Waals surface area contributed by atoms with Crippen molar-refractivity contribution < 1.29 is 38.0 Å². The molecular weight excluding hydrogens is 412 g/mol. The summed E-state index contributed by atoms with van der Waals surface area (Å²) in [5, 5.41) is 0.839. The third kappa shape index (κ3) is 21.8. The van der Waals surface area contributed by atoms with E-state index in [4.69, 9.17) is 33.2 Å². The molecule has 0 N–H and O–H groups in total. The van der Waals surface area contributed by atoms with E-state index in [-0.39, 0.29) is 12.4 Å². The third-order valence-corrected chi connectivity index (χ3v) is 3.16. The predicted octanol–water partition coefficient (Wildman–Crippen LogP) is 1.43. The number of hydrogen-bond donors (Lipinski definition) is 0. The Bertz CT molecular complexity index is 294. The summed E-state index contributed by atoms with van der Waals surface area (Å²) in [7, 11) is 0. The first-order chi connectivity index (χ1) is 12.8. The lowest BCUT2D eigenvalue weighted by atomic mass is 10.5. The highest BCUT2D eigenvalue weighted by atomic mass is 79.9. The molecule has 0 amide bonds. The van der Waals surface area contributed by atoms with Crippen molar-refractivity contribution in [2.75, 3.05) is 91.2 Å². The average Bonchev–Trinajstić information content (AvgIpc) is 2.64. The van der Waals surface area contributed by atoms with E-state index in [1.54, 1.807) is 6.92 Å². The van der Waals surface area contributed by atoms with Crippen molar-refractivity contribution in [3.8, 4) is 0 Å². The van der Waals surface area contributed by atoms with Crippen LogP contribution in [0.2, 0.25) is 0 Å². The molecule has 9 heteroatoms. The number of carbonyl (C=O) groups is 1. The fourth-order valence-corrected chi connectivity index (χ4v) is 1.87. The van der Waals surface area contributed by atoms with E-state index in [9.17, 15) is 4.79 Å². The highest BCUT2D eigenvalue weighted by molar-refractivity contribution is 9.09. The summed E-state index contributed by atoms with van der Waals surface area (Å²) in [6, 6.07) is 0. The van der Waals surface area contributed by atoms with Crippen molar-refractivity contribution in [2.45, 2.75) is 13.3 Å². The van der Waals surface area contributed by atoms with Gasteiger partial charge in [-0.3, -0.25) is 4.79 Å². The summed E-state index contributed by atoms with van der Waals surface area (Å²) in [5.41, 5.74) is 0. The minimum Gasteiger partial charge on any atom is -0.466 e. The Morgan fingerprint density at radius 1 is 0.615 bits per heavy atom. The van der Waals surface area contributed by atoms with Crippen molar-refractivity contribution in [3.63, 3.8) is 0 Å². The first-order valence-corrected chi connectivity index (χ1v) is 10.1. The maximum Gasteiger partial charge on any atom is 0.308 e. The van der Waals surface area contributed by atoms with Crippen molar-refractivity contribution in [1.29, 1.82) is 0 Å². The van der Waals surface area contributed by atoms with Gasteiger partial charge in [0, 0.05) is 5.33 Å². The number of ether oxygens (including phenoxy) is 7. The van der Waals surface area contributed by atoms with Crippen molar-refractivity contribution in [2.24, 2.45) is 0 Å². The van der Waals surface area contributed by atoms with Crippen LogP contribution in [-0.4, -0.2) is 97.2 Å². The molecule has 26 heavy (non-hydrogen) atoms. The molecule has 0 aliphatic rings. The Hall–Kier alpha value is -0.290. The third-order valence-electron chi connectivity index (χ3n) is 2.84. The monoisotopic (exact) mass is 444 g/mol. The van der Waals surface area contributed by atoms with Crippen LogP contribution in [0, 0.1) is 0 Å². The first-order valence-electron chi connectivity index (χ1n) is 8.99. The van der Waals surface area contributed by atoms with Crippen LogP contribution in [0.3, 0.4) is 0 Å². The van der Waals surface area contributed by atoms with Crippen LogP contribution in [-0.2, 0) is 38.0 Å². The molecule has 0 rings (SSSR count). The predicted molar refractivity (Wildman–Crippen MR) is 100.0 cm³/mol. The Labute approximate surface area is 164 Å². The molecule has 0 fully saturated rings. The lowest BCUT2D eigenvalue weighted by molar-refractivity contribution is -0.144. The normalized spacial score (nSPS) is 11.0. The number of carbonyl (C=O) groups excluding carboxylic acids is 1. The van der Waals surface area contributed by atoms with Gasteiger partial charge in [-0.05, 0) is 6.92 Å². The van der Waals surface area contributed by atoms with Crippen LogP contribution in [0.15, 0.2) is 0 Å². The average molecular weight is 445 g/mol. The van der Waals surface area contributed by atoms with Gasteiger partial charge in [0.25, 0.3) is 0 Å². The molecule has 0 bridgehead atoms. The van der Waals surface area contributed by atoms with Gasteiger partial charge in [0.2, 0.25) is 0 Å². The molecular formula is C17H33BrO8. The van der Waals surface area contributed by atoms with Gasteiger partial charge in [-0.1, -0.05) is 15.9 Å². The fraction of sp³-hybridized carbons (Fsp3) is 0.941. The topological polar surface area (TPSA) is 81.7 Å². The van der Waals surface area contributed by atoms with Crippen molar-refractivity contribution in [3.05, 3.63) is 0 Å². The van der Waals surface area contributed by atoms with Gasteiger partial charge >= 0.3 is 5.97 Å². The van der Waals surface area contributed by atoms with E-state index in [1.807, 2.05) is 0 Å². The highest BCUT2D eigenvalue weighted by Crippen LogP contribution is 1.89. The van der Waals surface area contributed by atoms with Crippen molar-refractivity contribution in [1.82, 2.24) is 0 Å². The lowest BCUT2D eigenvalue weighted by Gasteiger charge is -2.08. The van der Waals surface area contributed by atoms with Gasteiger partial charge in [-0.15, -0.1) is 0 Å². The van der Waals surface area contributed by atoms with Gasteiger partial charge < -0.3 is 33.2 Å². The number of halogens is 1. The quantitative estimate of drug-likeness (QED) is 0.149. The van der Waals surface area contributed by atoms with Gasteiger partial charge in [-0.25, -0.2) is 0 Å². The Morgan fingerprint density at radius 2 is 0.962 bits per heavy atom. The van der Waals surface area contributed by atoms with E-state index in [0.29, 0.717) is 85.9 Å². The zero-order chi connectivity index (χ0) is 19.1. The Balaban J connectivity index is 3.02. The molecule has 0 aromatic carbocycles. The molecule has 0 saturated carbocycles. The first kappa shape index (κ1) is 25.7. The largest absolute Gasteiger partial charge is 0.466 e. The highest BCUT2D eigenvalue weighted by Gasteiger charge is 2.00. The van der Waals surface area contributed by atoms with Crippen LogP contribution in [0.1, 0.15) is 13.3 Å². The van der Waals surface area contributed by atoms with Gasteiger partial charge in [0.15, 0.2) is 0 Å². The Kier molecular flexibility index (Phi) is 22.5. The zero-order valence-electron chi connectivity index (χ0n) is 15.8. The van der Waals surface area contributed by atoms with Crippen LogP contribution in [0.25, 0.3) is 0 Å². The standard InChI is InChI=1S/C17H33BrO8/c1-2-26-17(19)3-5-20-7-9-22-11-13-24-15-16-25-14-12-23-10-8-21-6-4-18/h2-16H2,1H3. The molecule has 0 saturated heterocycles. The molecule has 0 unspecified atom stereocenters. The molecule has 0 spiro atoms. The second kappa shape index (κ2) is 22.8. The second-order valence-electron chi connectivity index (χ2n) is 4.92. The zero-order valence-corrected chi connectivity index (χ0v) is 17.3. The van der Waals surface area contributed by atoms with Gasteiger partial charge in [-0.2, -0.15) is 0 Å². The summed E-state index contributed by atoms with van der Waals surface area (Å²) in [6.07, 6.45) is 0.271. The van der Waals surface area contributed by atoms with Gasteiger partial charge in [0.05, 0.1) is 92.3 Å². The Morgan fingerprint density at radius 3 is 1.31 bits per heavy atom. The number of esters is 1. The van der Waals surface area contributed by atoms with Crippen LogP contribution in [0.5, 0.6) is 0 Å². The maximum atomic E-state index is 11.1. The molecule has 0 aliphatic carbocycles. The SMILES string of the molecule is CCOC(=O)CCOCCOCCOCCOCCOCCOCCBr. The fourth-order valence-electron chi connectivity index (χ4n) is 1.64. The molecule has 0 radical (unpaired) electrons. The van der Waals surface area contributed by atoms with Gasteiger partial charge in [0.1, 0.15) is 0 Å². The van der Waals surface area contributed by atoms with E-state index in [0.717, 1.165) is 5.33 Å². The van der Waals surface area contributed by atoms with E-state index in [1.165, 1.54) is 0 Å². The summed E-state index contributed by atoms with van der Waals surface area (Å²) >= 11 is 3.28. The van der Waals surface area contributed by atoms with E-state index >= 15 is 0 Å². The molecule has 8 nitrogen and oxygen atoms in total. The van der Waals surface area contributed by atoms with Crippen LogP contribution < -0.4 is 0 Å². The van der Waals surface area contributed by atoms with E-state index in [2.05, 4.69) is 15.9 Å². The smallest absolute Gasteiger partial charge is 0.308 e. The summed E-state index contributed by atoms with van der Waals surface area (Å²) in [5.74, 6) is -0.241. The summed E-state index contributed by atoms with van der Waals surface area (Å²) in [6.45, 7) is 8.48. The van der Waals surface area contributed by atoms with Crippen LogP contribution >= 0.6 is 15.9 Å². The molecule has 0 aromatic rings. The molecule has 156 valence electrons. The van der Waals surface area contributed by atoms with Crippen LogP contribution in [0.4, 0.5) is 0 Å². The lowest BCUT2D eigenvalue weighted by Crippen LogP contribution is -2.14. The number of alkyl halides is 1. The number of hydrogen-bond acceptors (Lipinski definition) is 8. The molecule has 0 atom stereocenters. The maximum absolute atomic E-state index is 11.1. The number of rotatable bonds is 21. The van der Waals surface area contributed by atoms with Crippen molar-refractivity contribution >= 4 is 21.9 Å². The molecule has 0 heterocycles. The molecule has 0 aliphatic heterocycles. The second-order valence-corrected chi connectivity index (χ2v) is 5.71.